The quantitative estimate of drug-likeness (QED) is 0.744. The van der Waals surface area contributed by atoms with E-state index in [-0.39, 0.29) is 5.75 Å². The zero-order valence-electron chi connectivity index (χ0n) is 8.99. The van der Waals surface area contributed by atoms with Crippen LogP contribution in [0.5, 0.6) is 0 Å². The van der Waals surface area contributed by atoms with Gasteiger partial charge in [-0.05, 0) is 32.1 Å². The van der Waals surface area contributed by atoms with E-state index in [1.165, 1.54) is 11.3 Å². The van der Waals surface area contributed by atoms with Crippen LogP contribution in [0.25, 0.3) is 0 Å². The number of hydrogen-bond donors (Lipinski definition) is 2. The van der Waals surface area contributed by atoms with Crippen molar-refractivity contribution < 1.29 is 8.42 Å². The van der Waals surface area contributed by atoms with Crippen LogP contribution in [0.2, 0.25) is 4.34 Å². The summed E-state index contributed by atoms with van der Waals surface area (Å²) in [7, 11) is -1.37. The molecular weight excluding hydrogens is 268 g/mol. The van der Waals surface area contributed by atoms with Crippen molar-refractivity contribution in [1.82, 2.24) is 10.0 Å². The molecule has 0 bridgehead atoms. The molecule has 2 N–H and O–H groups in total. The van der Waals surface area contributed by atoms with Crippen molar-refractivity contribution in [2.75, 3.05) is 19.3 Å². The van der Waals surface area contributed by atoms with E-state index in [0.29, 0.717) is 23.8 Å². The van der Waals surface area contributed by atoms with E-state index >= 15 is 0 Å². The van der Waals surface area contributed by atoms with E-state index in [1.807, 2.05) is 6.07 Å². The van der Waals surface area contributed by atoms with Gasteiger partial charge in [-0.25, -0.2) is 13.1 Å². The molecule has 0 fully saturated rings. The molecule has 1 aromatic rings. The predicted octanol–water partition coefficient (Wildman–Crippen LogP) is 1.43. The van der Waals surface area contributed by atoms with Crippen molar-refractivity contribution in [3.63, 3.8) is 0 Å². The molecule has 0 spiro atoms. The minimum atomic E-state index is -3.17. The van der Waals surface area contributed by atoms with Crippen molar-refractivity contribution in [1.29, 1.82) is 0 Å². The van der Waals surface area contributed by atoms with Gasteiger partial charge in [0.15, 0.2) is 0 Å². The highest BCUT2D eigenvalue weighted by Crippen LogP contribution is 2.21. The van der Waals surface area contributed by atoms with Crippen molar-refractivity contribution >= 4 is 33.0 Å². The molecule has 1 aromatic heterocycles. The molecule has 7 heteroatoms. The molecular formula is C9H15ClN2O2S2. The minimum Gasteiger partial charge on any atom is -0.320 e. The Morgan fingerprint density at radius 2 is 2.19 bits per heavy atom. The topological polar surface area (TPSA) is 58.2 Å². The molecule has 0 atom stereocenters. The summed E-state index contributed by atoms with van der Waals surface area (Å²) in [4.78, 5) is 0.919. The summed E-state index contributed by atoms with van der Waals surface area (Å²) in [5.74, 6) is 0.146. The molecule has 0 radical (unpaired) electrons. The molecule has 0 aliphatic carbocycles. The fourth-order valence-electron chi connectivity index (χ4n) is 1.14. The van der Waals surface area contributed by atoms with E-state index in [0.717, 1.165) is 4.88 Å². The highest BCUT2D eigenvalue weighted by Gasteiger charge is 2.09. The van der Waals surface area contributed by atoms with Crippen molar-refractivity contribution in [2.24, 2.45) is 0 Å². The highest BCUT2D eigenvalue weighted by atomic mass is 35.5. The summed E-state index contributed by atoms with van der Waals surface area (Å²) in [6.07, 6.45) is 0.608. The van der Waals surface area contributed by atoms with Gasteiger partial charge in [-0.15, -0.1) is 11.3 Å². The Morgan fingerprint density at radius 3 is 2.75 bits per heavy atom. The largest absolute Gasteiger partial charge is 0.320 e. The Bertz CT molecular complexity index is 417. The Labute approximate surface area is 105 Å². The number of hydrogen-bond acceptors (Lipinski definition) is 4. The third-order valence-electron chi connectivity index (χ3n) is 1.94. The molecule has 0 saturated carbocycles. The lowest BCUT2D eigenvalue weighted by Gasteiger charge is -2.04. The van der Waals surface area contributed by atoms with Crippen molar-refractivity contribution in [3.8, 4) is 0 Å². The van der Waals surface area contributed by atoms with E-state index in [1.54, 1.807) is 13.1 Å². The van der Waals surface area contributed by atoms with Crippen LogP contribution in [0.4, 0.5) is 0 Å². The second kappa shape index (κ2) is 6.56. The first-order valence-electron chi connectivity index (χ1n) is 4.89. The molecule has 0 unspecified atom stereocenters. The highest BCUT2D eigenvalue weighted by molar-refractivity contribution is 7.89. The van der Waals surface area contributed by atoms with Crippen LogP contribution in [0.15, 0.2) is 12.1 Å². The maximum atomic E-state index is 11.5. The molecule has 0 aliphatic heterocycles. The molecule has 0 saturated heterocycles. The zero-order chi connectivity index (χ0) is 12.0. The van der Waals surface area contributed by atoms with Gasteiger partial charge in [-0.2, -0.15) is 0 Å². The third kappa shape index (κ3) is 5.27. The van der Waals surface area contributed by atoms with Gasteiger partial charge < -0.3 is 5.32 Å². The van der Waals surface area contributed by atoms with Crippen LogP contribution >= 0.6 is 22.9 Å². The second-order valence-electron chi connectivity index (χ2n) is 3.30. The fourth-order valence-corrected chi connectivity index (χ4v) is 3.30. The van der Waals surface area contributed by atoms with Gasteiger partial charge in [0, 0.05) is 11.4 Å². The van der Waals surface area contributed by atoms with E-state index < -0.39 is 10.0 Å². The normalized spacial score (nSPS) is 11.9. The predicted molar refractivity (Wildman–Crippen MR) is 68.5 cm³/mol. The van der Waals surface area contributed by atoms with Gasteiger partial charge in [0.1, 0.15) is 0 Å². The lowest BCUT2D eigenvalue weighted by Crippen LogP contribution is -2.27. The number of sulfonamides is 1. The Morgan fingerprint density at radius 1 is 1.44 bits per heavy atom. The molecule has 4 nitrogen and oxygen atoms in total. The summed E-state index contributed by atoms with van der Waals surface area (Å²) in [5.41, 5.74) is 0. The van der Waals surface area contributed by atoms with E-state index in [2.05, 4.69) is 10.0 Å². The first-order valence-corrected chi connectivity index (χ1v) is 7.74. The number of rotatable bonds is 7. The maximum absolute atomic E-state index is 11.5. The molecule has 1 rings (SSSR count). The summed E-state index contributed by atoms with van der Waals surface area (Å²) >= 11 is 7.13. The summed E-state index contributed by atoms with van der Waals surface area (Å²) in [6, 6.07) is 3.58. The molecule has 16 heavy (non-hydrogen) atoms. The van der Waals surface area contributed by atoms with Gasteiger partial charge in [0.2, 0.25) is 10.0 Å². The Balaban J connectivity index is 2.36. The third-order valence-corrected chi connectivity index (χ3v) is 4.58. The zero-order valence-corrected chi connectivity index (χ0v) is 11.4. The monoisotopic (exact) mass is 282 g/mol. The molecule has 1 heterocycles. The van der Waals surface area contributed by atoms with Crippen LogP contribution in [0, 0.1) is 0 Å². The van der Waals surface area contributed by atoms with Crippen LogP contribution in [0.3, 0.4) is 0 Å². The van der Waals surface area contributed by atoms with Gasteiger partial charge >= 0.3 is 0 Å². The molecule has 0 amide bonds. The fraction of sp³-hybridized carbons (Fsp3) is 0.556. The van der Waals surface area contributed by atoms with Crippen molar-refractivity contribution in [2.45, 2.75) is 13.0 Å². The summed E-state index contributed by atoms with van der Waals surface area (Å²) in [6.45, 7) is 1.02. The average Bonchev–Trinajstić information content (AvgIpc) is 2.62. The van der Waals surface area contributed by atoms with E-state index in [4.69, 9.17) is 11.6 Å². The minimum absolute atomic E-state index is 0.146. The smallest absolute Gasteiger partial charge is 0.211 e. The van der Waals surface area contributed by atoms with Gasteiger partial charge in [-0.3, -0.25) is 0 Å². The number of thiophene rings is 1. The van der Waals surface area contributed by atoms with Crippen LogP contribution in [-0.4, -0.2) is 27.8 Å². The molecule has 0 aromatic carbocycles. The summed E-state index contributed by atoms with van der Waals surface area (Å²) in [5, 5.41) is 2.91. The first-order chi connectivity index (χ1) is 7.53. The van der Waals surface area contributed by atoms with Crippen LogP contribution < -0.4 is 10.0 Å². The lowest BCUT2D eigenvalue weighted by atomic mass is 10.5. The lowest BCUT2D eigenvalue weighted by molar-refractivity contribution is 0.577. The van der Waals surface area contributed by atoms with E-state index in [9.17, 15) is 8.42 Å². The standard InChI is InChI=1S/C9H15ClN2O2S2/c1-11-5-2-6-16(13,14)12-7-8-3-4-9(10)15-8/h3-4,11-12H,2,5-7H2,1H3. The molecule has 92 valence electrons. The van der Waals surface area contributed by atoms with Crippen LogP contribution in [0.1, 0.15) is 11.3 Å². The van der Waals surface area contributed by atoms with Gasteiger partial charge in [0.05, 0.1) is 10.1 Å². The number of halogens is 1. The van der Waals surface area contributed by atoms with Gasteiger partial charge in [-0.1, -0.05) is 11.6 Å². The Kier molecular flexibility index (Phi) is 5.71. The number of nitrogens with one attached hydrogen (secondary N) is 2. The first kappa shape index (κ1) is 13.9. The van der Waals surface area contributed by atoms with Gasteiger partial charge in [0.25, 0.3) is 0 Å². The Hall–Kier alpha value is -0.140. The second-order valence-corrected chi connectivity index (χ2v) is 7.03. The average molecular weight is 283 g/mol. The van der Waals surface area contributed by atoms with Crippen molar-refractivity contribution in [3.05, 3.63) is 21.3 Å². The maximum Gasteiger partial charge on any atom is 0.211 e. The van der Waals surface area contributed by atoms with Crippen LogP contribution in [-0.2, 0) is 16.6 Å². The SMILES string of the molecule is CNCCCS(=O)(=O)NCc1ccc(Cl)s1. The molecule has 0 aliphatic rings. The summed E-state index contributed by atoms with van der Waals surface area (Å²) < 4.78 is 26.3.